The van der Waals surface area contributed by atoms with Crippen molar-refractivity contribution in [3.05, 3.63) is 48.3 Å². The van der Waals surface area contributed by atoms with Crippen molar-refractivity contribution in [2.45, 2.75) is 51.7 Å². The number of fused-ring (bicyclic) bond motifs is 2. The van der Waals surface area contributed by atoms with Gasteiger partial charge < -0.3 is 14.5 Å². The molecule has 0 saturated heterocycles. The molecule has 5 heteroatoms. The first-order chi connectivity index (χ1) is 11.7. The zero-order chi connectivity index (χ0) is 16.5. The summed E-state index contributed by atoms with van der Waals surface area (Å²) in [6, 6.07) is 8.79. The first-order valence-electron chi connectivity index (χ1n) is 8.91. The molecule has 1 atom stereocenters. The van der Waals surface area contributed by atoms with Crippen molar-refractivity contribution in [1.29, 1.82) is 0 Å². The van der Waals surface area contributed by atoms with Crippen molar-refractivity contribution < 1.29 is 0 Å². The van der Waals surface area contributed by atoms with Crippen LogP contribution in [0, 0.1) is 0 Å². The molecule has 3 aromatic rings. The van der Waals surface area contributed by atoms with Crippen LogP contribution in [0.25, 0.3) is 11.0 Å². The lowest BCUT2D eigenvalue weighted by atomic mass is 9.99. The molecule has 24 heavy (non-hydrogen) atoms. The van der Waals surface area contributed by atoms with E-state index < -0.39 is 0 Å². The van der Waals surface area contributed by atoms with E-state index in [1.165, 1.54) is 24.2 Å². The molecule has 1 N–H and O–H groups in total. The number of aryl methyl sites for hydroxylation is 1. The molecule has 0 unspecified atom stereocenters. The lowest BCUT2D eigenvalue weighted by Crippen LogP contribution is -2.27. The highest BCUT2D eigenvalue weighted by atomic mass is 15.1. The summed E-state index contributed by atoms with van der Waals surface area (Å²) in [5.41, 5.74) is 2.30. The molecule has 0 fully saturated rings. The van der Waals surface area contributed by atoms with Gasteiger partial charge in [-0.05, 0) is 38.8 Å². The molecule has 0 spiro atoms. The quantitative estimate of drug-likeness (QED) is 0.782. The number of hydrogen-bond acceptors (Lipinski definition) is 3. The van der Waals surface area contributed by atoms with Gasteiger partial charge in [-0.3, -0.25) is 0 Å². The molecular weight excluding hydrogens is 298 g/mol. The second-order valence-corrected chi connectivity index (χ2v) is 6.93. The molecule has 4 rings (SSSR count). The maximum Gasteiger partial charge on any atom is 0.124 e. The maximum atomic E-state index is 4.83. The van der Waals surface area contributed by atoms with Gasteiger partial charge in [-0.2, -0.15) is 0 Å². The van der Waals surface area contributed by atoms with E-state index in [1.807, 2.05) is 6.20 Å². The molecular formula is C19H25N5. The Morgan fingerprint density at radius 3 is 3.04 bits per heavy atom. The van der Waals surface area contributed by atoms with Gasteiger partial charge in [0.15, 0.2) is 0 Å². The largest absolute Gasteiger partial charge is 0.335 e. The van der Waals surface area contributed by atoms with Crippen LogP contribution in [0.1, 0.15) is 50.3 Å². The van der Waals surface area contributed by atoms with Crippen LogP contribution in [0.3, 0.4) is 0 Å². The summed E-state index contributed by atoms with van der Waals surface area (Å²) in [5, 5.41) is 3.62. The molecule has 5 nitrogen and oxygen atoms in total. The van der Waals surface area contributed by atoms with Crippen LogP contribution in [0.4, 0.5) is 0 Å². The van der Waals surface area contributed by atoms with E-state index in [0.29, 0.717) is 12.0 Å². The number of aromatic nitrogens is 4. The van der Waals surface area contributed by atoms with E-state index in [2.05, 4.69) is 63.7 Å². The summed E-state index contributed by atoms with van der Waals surface area (Å²) in [4.78, 5) is 9.38. The van der Waals surface area contributed by atoms with Gasteiger partial charge in [-0.25, -0.2) is 9.97 Å². The fourth-order valence-corrected chi connectivity index (χ4v) is 3.85. The van der Waals surface area contributed by atoms with Crippen LogP contribution in [-0.4, -0.2) is 25.6 Å². The smallest absolute Gasteiger partial charge is 0.124 e. The van der Waals surface area contributed by atoms with E-state index in [9.17, 15) is 0 Å². The summed E-state index contributed by atoms with van der Waals surface area (Å²) in [7, 11) is 0. The van der Waals surface area contributed by atoms with Gasteiger partial charge in [0, 0.05) is 37.4 Å². The number of para-hydroxylation sites is 2. The Kier molecular flexibility index (Phi) is 4.10. The SMILES string of the molecule is CC(C)n1c(CNC[C@@H]2CCCn3ccnc32)nc2ccccc21. The van der Waals surface area contributed by atoms with E-state index in [4.69, 9.17) is 4.98 Å². The van der Waals surface area contributed by atoms with Crippen molar-refractivity contribution in [2.24, 2.45) is 0 Å². The molecule has 126 valence electrons. The van der Waals surface area contributed by atoms with E-state index in [-0.39, 0.29) is 0 Å². The number of hydrogen-bond donors (Lipinski definition) is 1. The van der Waals surface area contributed by atoms with Crippen molar-refractivity contribution in [3.8, 4) is 0 Å². The summed E-state index contributed by atoms with van der Waals surface area (Å²) in [5.74, 6) is 2.85. The molecule has 0 radical (unpaired) electrons. The van der Waals surface area contributed by atoms with Gasteiger partial charge in [-0.15, -0.1) is 0 Å². The third kappa shape index (κ3) is 2.73. The fraction of sp³-hybridized carbons (Fsp3) is 0.474. The summed E-state index contributed by atoms with van der Waals surface area (Å²) >= 11 is 0. The third-order valence-electron chi connectivity index (χ3n) is 4.92. The lowest BCUT2D eigenvalue weighted by molar-refractivity contribution is 0.418. The molecule has 1 aromatic carbocycles. The van der Waals surface area contributed by atoms with Crippen LogP contribution in [0.15, 0.2) is 36.7 Å². The fourth-order valence-electron chi connectivity index (χ4n) is 3.85. The third-order valence-corrected chi connectivity index (χ3v) is 4.92. The molecule has 1 aliphatic rings. The summed E-state index contributed by atoms with van der Waals surface area (Å²) < 4.78 is 4.63. The lowest BCUT2D eigenvalue weighted by Gasteiger charge is -2.23. The predicted molar refractivity (Wildman–Crippen MR) is 96.0 cm³/mol. The Bertz CT molecular complexity index is 829. The standard InChI is InChI=1S/C19H25N5/c1-14(2)24-17-8-4-3-7-16(17)22-18(24)13-20-12-15-6-5-10-23-11-9-21-19(15)23/h3-4,7-9,11,14-15,20H,5-6,10,12-13H2,1-2H3/t15-/m0/s1. The van der Waals surface area contributed by atoms with Gasteiger partial charge in [0.05, 0.1) is 17.6 Å². The normalized spacial score (nSPS) is 17.5. The van der Waals surface area contributed by atoms with Gasteiger partial charge in [-0.1, -0.05) is 12.1 Å². The van der Waals surface area contributed by atoms with Crippen LogP contribution >= 0.6 is 0 Å². The molecule has 2 aromatic heterocycles. The zero-order valence-corrected chi connectivity index (χ0v) is 14.4. The minimum absolute atomic E-state index is 0.405. The van der Waals surface area contributed by atoms with Crippen LogP contribution < -0.4 is 5.32 Å². The molecule has 0 bridgehead atoms. The van der Waals surface area contributed by atoms with Crippen molar-refractivity contribution in [3.63, 3.8) is 0 Å². The van der Waals surface area contributed by atoms with E-state index in [1.54, 1.807) is 0 Å². The van der Waals surface area contributed by atoms with Gasteiger partial charge in [0.25, 0.3) is 0 Å². The minimum atomic E-state index is 0.405. The highest BCUT2D eigenvalue weighted by molar-refractivity contribution is 5.76. The van der Waals surface area contributed by atoms with E-state index >= 15 is 0 Å². The Hall–Kier alpha value is -2.14. The number of benzene rings is 1. The van der Waals surface area contributed by atoms with Crippen LogP contribution in [0.2, 0.25) is 0 Å². The van der Waals surface area contributed by atoms with Gasteiger partial charge in [0.2, 0.25) is 0 Å². The first kappa shape index (κ1) is 15.4. The number of nitrogens with one attached hydrogen (secondary N) is 1. The number of rotatable bonds is 5. The molecule has 0 amide bonds. The average Bonchev–Trinajstić information content (AvgIpc) is 3.19. The monoisotopic (exact) mass is 323 g/mol. The Labute approximate surface area is 142 Å². The molecule has 0 saturated carbocycles. The van der Waals surface area contributed by atoms with Gasteiger partial charge >= 0.3 is 0 Å². The van der Waals surface area contributed by atoms with E-state index in [0.717, 1.165) is 31.0 Å². The second-order valence-electron chi connectivity index (χ2n) is 6.93. The molecule has 1 aliphatic heterocycles. The highest BCUT2D eigenvalue weighted by Crippen LogP contribution is 2.25. The van der Waals surface area contributed by atoms with Crippen molar-refractivity contribution >= 4 is 11.0 Å². The number of imidazole rings is 2. The Morgan fingerprint density at radius 2 is 2.17 bits per heavy atom. The maximum absolute atomic E-state index is 4.83. The average molecular weight is 323 g/mol. The second kappa shape index (κ2) is 6.40. The molecule has 3 heterocycles. The van der Waals surface area contributed by atoms with Crippen LogP contribution in [0.5, 0.6) is 0 Å². The van der Waals surface area contributed by atoms with Crippen molar-refractivity contribution in [1.82, 2.24) is 24.4 Å². The highest BCUT2D eigenvalue weighted by Gasteiger charge is 2.21. The zero-order valence-electron chi connectivity index (χ0n) is 14.4. The predicted octanol–water partition coefficient (Wildman–Crippen LogP) is 3.48. The van der Waals surface area contributed by atoms with Crippen molar-refractivity contribution in [2.75, 3.05) is 6.54 Å². The Balaban J connectivity index is 1.49. The van der Waals surface area contributed by atoms with Crippen LogP contribution in [-0.2, 0) is 13.1 Å². The number of nitrogens with zero attached hydrogens (tertiary/aromatic N) is 4. The summed E-state index contributed by atoms with van der Waals surface area (Å²) in [6.45, 7) is 7.29. The van der Waals surface area contributed by atoms with Gasteiger partial charge in [0.1, 0.15) is 11.6 Å². The minimum Gasteiger partial charge on any atom is -0.335 e. The Morgan fingerprint density at radius 1 is 1.29 bits per heavy atom. The molecule has 0 aliphatic carbocycles. The summed E-state index contributed by atoms with van der Waals surface area (Å²) in [6.07, 6.45) is 6.47. The topological polar surface area (TPSA) is 47.7 Å². The first-order valence-corrected chi connectivity index (χ1v) is 8.91.